The van der Waals surface area contributed by atoms with E-state index in [0.29, 0.717) is 42.2 Å². The molecule has 16 nitrogen and oxygen atoms in total. The number of aryl methyl sites for hydroxylation is 2. The minimum atomic E-state index is -1.35. The van der Waals surface area contributed by atoms with Crippen molar-refractivity contribution < 1.29 is 29.1 Å². The molecule has 0 bridgehead atoms. The molecule has 332 valence electrons. The van der Waals surface area contributed by atoms with Crippen LogP contribution in [0.1, 0.15) is 57.1 Å². The Labute approximate surface area is 381 Å². The number of ether oxygens (including phenoxy) is 2. The largest absolute Gasteiger partial charge is 0.488 e. The maximum absolute atomic E-state index is 13.1. The molecule has 0 spiro atoms. The summed E-state index contributed by atoms with van der Waals surface area (Å²) in [6.07, 6.45) is 12.3. The Morgan fingerprint density at radius 3 is 1.58 bits per heavy atom. The Bertz CT molecular complexity index is 2470. The summed E-state index contributed by atoms with van der Waals surface area (Å²) in [5, 5.41) is 17.5. The van der Waals surface area contributed by atoms with Crippen molar-refractivity contribution in [2.75, 3.05) is 73.9 Å². The SMILES string of the molecule is CCc1ccc(-c2cnc(N)c(C(=O)Cc3cnccc3N3CCOCC3)n2)cc1.CCc1ccc(B(O)O)cc1.Nc1ncc(Br)nc1C(=O)Cc1cnccc1N1CCOCC1. The van der Waals surface area contributed by atoms with Gasteiger partial charge in [0.1, 0.15) is 16.0 Å². The second kappa shape index (κ2) is 23.5. The zero-order valence-electron chi connectivity index (χ0n) is 35.9. The highest BCUT2D eigenvalue weighted by Crippen LogP contribution is 2.26. The second-order valence-corrected chi connectivity index (χ2v) is 15.7. The first kappa shape index (κ1) is 47.3. The summed E-state index contributed by atoms with van der Waals surface area (Å²) in [6.45, 7) is 10.0. The van der Waals surface area contributed by atoms with Crippen LogP contribution in [-0.2, 0) is 35.2 Å². The predicted octanol–water partition coefficient (Wildman–Crippen LogP) is 4.35. The molecule has 4 aromatic heterocycles. The first-order valence-electron chi connectivity index (χ1n) is 21.1. The summed E-state index contributed by atoms with van der Waals surface area (Å²) in [5.74, 6) is -0.0749. The number of nitrogens with zero attached hydrogens (tertiary/aromatic N) is 8. The molecule has 6 N–H and O–H groups in total. The number of benzene rings is 2. The third-order valence-electron chi connectivity index (χ3n) is 10.6. The van der Waals surface area contributed by atoms with Crippen LogP contribution in [-0.4, -0.2) is 111 Å². The maximum atomic E-state index is 13.1. The number of Topliss-reactive ketones (excluding diaryl/α,β-unsaturated/α-hetero) is 2. The van der Waals surface area contributed by atoms with E-state index < -0.39 is 7.12 Å². The van der Waals surface area contributed by atoms with E-state index in [-0.39, 0.29) is 47.4 Å². The van der Waals surface area contributed by atoms with Crippen molar-refractivity contribution in [1.29, 1.82) is 0 Å². The van der Waals surface area contributed by atoms with Crippen molar-refractivity contribution in [1.82, 2.24) is 29.9 Å². The van der Waals surface area contributed by atoms with Crippen molar-refractivity contribution in [2.24, 2.45) is 0 Å². The van der Waals surface area contributed by atoms with Crippen LogP contribution in [0.25, 0.3) is 11.3 Å². The molecule has 64 heavy (non-hydrogen) atoms. The lowest BCUT2D eigenvalue weighted by atomic mass is 9.80. The van der Waals surface area contributed by atoms with E-state index in [1.807, 2.05) is 36.4 Å². The Morgan fingerprint density at radius 1 is 0.656 bits per heavy atom. The highest BCUT2D eigenvalue weighted by atomic mass is 79.9. The molecule has 2 fully saturated rings. The van der Waals surface area contributed by atoms with Crippen LogP contribution in [0.4, 0.5) is 23.0 Å². The molecular weight excluding hydrogens is 879 g/mol. The number of pyridine rings is 2. The normalized spacial score (nSPS) is 13.5. The molecule has 0 atom stereocenters. The van der Waals surface area contributed by atoms with Crippen molar-refractivity contribution >= 4 is 63.1 Å². The van der Waals surface area contributed by atoms with Crippen molar-refractivity contribution in [3.63, 3.8) is 0 Å². The Hall–Kier alpha value is -6.18. The van der Waals surface area contributed by atoms with Crippen LogP contribution in [0.15, 0.2) is 102 Å². The minimum absolute atomic E-state index is 0.134. The summed E-state index contributed by atoms with van der Waals surface area (Å²) in [7, 11) is -1.35. The number of nitrogen functional groups attached to an aromatic ring is 2. The van der Waals surface area contributed by atoms with E-state index in [1.54, 1.807) is 43.1 Å². The van der Waals surface area contributed by atoms with E-state index in [1.165, 1.54) is 17.3 Å². The number of nitrogens with two attached hydrogens (primary N) is 2. The van der Waals surface area contributed by atoms with Gasteiger partial charge in [-0.2, -0.15) is 0 Å². The molecule has 2 aliphatic heterocycles. The number of aromatic nitrogens is 6. The first-order chi connectivity index (χ1) is 31.0. The van der Waals surface area contributed by atoms with Crippen LogP contribution in [0.3, 0.4) is 0 Å². The lowest BCUT2D eigenvalue weighted by Crippen LogP contribution is -2.37. The number of morpholine rings is 2. The standard InChI is InChI=1S/C23H25N5O2.C15H16BrN5O2.C8H11BO2/c1-2-16-3-5-17(6-4-16)19-15-26-23(24)22(27-19)21(29)13-18-14-25-8-7-20(18)28-9-11-30-12-10-28;16-13-9-19-15(17)14(20-13)12(22)7-10-8-18-2-1-11(10)21-3-5-23-6-4-21;1-2-7-3-5-8(6-4-7)9(10)11/h3-8,14-15H,2,9-13H2,1H3,(H2,24,26);1-2,8-9H,3-7H2,(H2,17,19);3-6,10-11H,2H2,1H3. The summed E-state index contributed by atoms with van der Waals surface area (Å²) >= 11 is 3.21. The summed E-state index contributed by atoms with van der Waals surface area (Å²) in [5.41, 5.74) is 20.4. The van der Waals surface area contributed by atoms with Crippen LogP contribution in [0.5, 0.6) is 0 Å². The van der Waals surface area contributed by atoms with Gasteiger partial charge in [-0.3, -0.25) is 19.6 Å². The molecule has 2 aromatic carbocycles. The van der Waals surface area contributed by atoms with Gasteiger partial charge in [0, 0.05) is 91.9 Å². The van der Waals surface area contributed by atoms with E-state index in [2.05, 4.69) is 81.6 Å². The molecular formula is C46H52BBrN10O6. The molecule has 6 heterocycles. The number of carbonyl (C=O) groups excluding carboxylic acids is 2. The lowest BCUT2D eigenvalue weighted by Gasteiger charge is -2.30. The molecule has 0 amide bonds. The van der Waals surface area contributed by atoms with Gasteiger partial charge in [-0.05, 0) is 57.5 Å². The topological polar surface area (TPSA) is 229 Å². The number of rotatable bonds is 12. The van der Waals surface area contributed by atoms with Crippen LogP contribution in [0, 0.1) is 0 Å². The highest BCUT2D eigenvalue weighted by molar-refractivity contribution is 9.10. The van der Waals surface area contributed by atoms with Crippen LogP contribution >= 0.6 is 15.9 Å². The van der Waals surface area contributed by atoms with Gasteiger partial charge in [0.05, 0.1) is 44.5 Å². The van der Waals surface area contributed by atoms with Crippen molar-refractivity contribution in [2.45, 2.75) is 39.5 Å². The summed E-state index contributed by atoms with van der Waals surface area (Å²) in [4.78, 5) is 55.3. The zero-order valence-corrected chi connectivity index (χ0v) is 37.5. The molecule has 0 unspecified atom stereocenters. The average molecular weight is 932 g/mol. The average Bonchev–Trinajstić information content (AvgIpc) is 3.33. The first-order valence-corrected chi connectivity index (χ1v) is 21.9. The smallest absolute Gasteiger partial charge is 0.423 e. The monoisotopic (exact) mass is 930 g/mol. The molecule has 8 rings (SSSR count). The van der Waals surface area contributed by atoms with Gasteiger partial charge in [0.2, 0.25) is 0 Å². The molecule has 6 aromatic rings. The summed E-state index contributed by atoms with van der Waals surface area (Å²) in [6, 6.07) is 19.2. The van der Waals surface area contributed by atoms with Crippen molar-refractivity contribution in [3.8, 4) is 11.3 Å². The van der Waals surface area contributed by atoms with E-state index in [9.17, 15) is 9.59 Å². The molecule has 0 aliphatic carbocycles. The van der Waals surface area contributed by atoms with Gasteiger partial charge in [-0.1, -0.05) is 62.4 Å². The lowest BCUT2D eigenvalue weighted by molar-refractivity contribution is 0.0980. The molecule has 18 heteroatoms. The number of hydrogen-bond acceptors (Lipinski definition) is 16. The number of halogens is 1. The second-order valence-electron chi connectivity index (χ2n) is 14.8. The molecule has 0 saturated carbocycles. The zero-order chi connectivity index (χ0) is 45.4. The fourth-order valence-corrected chi connectivity index (χ4v) is 7.29. The molecule has 2 aliphatic rings. The Kier molecular flexibility index (Phi) is 17.4. The highest BCUT2D eigenvalue weighted by Gasteiger charge is 2.22. The number of anilines is 4. The predicted molar refractivity (Wildman–Crippen MR) is 252 cm³/mol. The number of ketones is 2. The maximum Gasteiger partial charge on any atom is 0.488 e. The Balaban J connectivity index is 0.000000176. The van der Waals surface area contributed by atoms with Gasteiger partial charge in [0.25, 0.3) is 0 Å². The minimum Gasteiger partial charge on any atom is -0.423 e. The fraction of sp³-hybridized carbons (Fsp3) is 0.304. The number of hydrogen-bond donors (Lipinski definition) is 4. The number of carbonyl (C=O) groups is 2. The van der Waals surface area contributed by atoms with Gasteiger partial charge in [0.15, 0.2) is 23.2 Å². The van der Waals surface area contributed by atoms with Gasteiger partial charge >= 0.3 is 7.12 Å². The third kappa shape index (κ3) is 13.0. The third-order valence-corrected chi connectivity index (χ3v) is 11.0. The van der Waals surface area contributed by atoms with Crippen LogP contribution in [0.2, 0.25) is 0 Å². The van der Waals surface area contributed by atoms with E-state index >= 15 is 0 Å². The van der Waals surface area contributed by atoms with E-state index in [4.69, 9.17) is 31.0 Å². The quantitative estimate of drug-likeness (QED) is 0.0988. The van der Waals surface area contributed by atoms with Gasteiger partial charge in [-0.25, -0.2) is 19.9 Å². The van der Waals surface area contributed by atoms with Crippen LogP contribution < -0.4 is 26.7 Å². The van der Waals surface area contributed by atoms with Gasteiger partial charge in [-0.15, -0.1) is 0 Å². The fourth-order valence-electron chi connectivity index (χ4n) is 7.01. The Morgan fingerprint density at radius 2 is 1.11 bits per heavy atom. The van der Waals surface area contributed by atoms with Crippen molar-refractivity contribution in [3.05, 3.63) is 136 Å². The van der Waals surface area contributed by atoms with E-state index in [0.717, 1.165) is 67.1 Å². The van der Waals surface area contributed by atoms with Gasteiger partial charge < -0.3 is 40.8 Å². The molecule has 2 saturated heterocycles. The molecule has 0 radical (unpaired) electrons. The summed E-state index contributed by atoms with van der Waals surface area (Å²) < 4.78 is 11.3.